The highest BCUT2D eigenvalue weighted by Crippen LogP contribution is 2.04. The SMILES string of the molecule is Cc1cc(C(=O)NC(C)(C)CN)nn1C.Cl. The van der Waals surface area contributed by atoms with Crippen LogP contribution in [0.1, 0.15) is 30.0 Å². The third-order valence-corrected chi connectivity index (χ3v) is 2.31. The Bertz CT molecular complexity index is 353. The third kappa shape index (κ3) is 3.50. The smallest absolute Gasteiger partial charge is 0.272 e. The van der Waals surface area contributed by atoms with E-state index < -0.39 is 5.54 Å². The molecule has 6 heteroatoms. The van der Waals surface area contributed by atoms with Gasteiger partial charge in [-0.3, -0.25) is 9.48 Å². The van der Waals surface area contributed by atoms with Gasteiger partial charge in [0.25, 0.3) is 5.91 Å². The molecule has 1 heterocycles. The van der Waals surface area contributed by atoms with Gasteiger partial charge in [-0.25, -0.2) is 0 Å². The van der Waals surface area contributed by atoms with E-state index in [-0.39, 0.29) is 18.3 Å². The average Bonchev–Trinajstić information content (AvgIpc) is 2.47. The molecule has 92 valence electrons. The minimum absolute atomic E-state index is 0. The topological polar surface area (TPSA) is 72.9 Å². The van der Waals surface area contributed by atoms with Crippen molar-refractivity contribution in [1.82, 2.24) is 15.1 Å². The van der Waals surface area contributed by atoms with Crippen molar-refractivity contribution in [3.63, 3.8) is 0 Å². The number of hydrogen-bond donors (Lipinski definition) is 2. The van der Waals surface area contributed by atoms with Gasteiger partial charge in [-0.2, -0.15) is 5.10 Å². The van der Waals surface area contributed by atoms with E-state index >= 15 is 0 Å². The van der Waals surface area contributed by atoms with Gasteiger partial charge in [-0.1, -0.05) is 0 Å². The quantitative estimate of drug-likeness (QED) is 0.821. The number of aryl methyl sites for hydroxylation is 2. The molecule has 0 unspecified atom stereocenters. The monoisotopic (exact) mass is 246 g/mol. The number of nitrogens with zero attached hydrogens (tertiary/aromatic N) is 2. The van der Waals surface area contributed by atoms with Crippen molar-refractivity contribution in [2.24, 2.45) is 12.8 Å². The van der Waals surface area contributed by atoms with Gasteiger partial charge in [-0.15, -0.1) is 12.4 Å². The number of hydrogen-bond acceptors (Lipinski definition) is 3. The molecule has 16 heavy (non-hydrogen) atoms. The Morgan fingerprint density at radius 2 is 2.19 bits per heavy atom. The first kappa shape index (κ1) is 14.9. The fourth-order valence-corrected chi connectivity index (χ4v) is 1.09. The molecule has 0 radical (unpaired) electrons. The number of nitrogens with two attached hydrogens (primary N) is 1. The number of carbonyl (C=O) groups is 1. The normalized spacial score (nSPS) is 10.8. The van der Waals surface area contributed by atoms with E-state index in [1.54, 1.807) is 17.8 Å². The Balaban J connectivity index is 0.00000225. The molecule has 1 aromatic rings. The predicted molar refractivity (Wildman–Crippen MR) is 65.8 cm³/mol. The van der Waals surface area contributed by atoms with Crippen LogP contribution < -0.4 is 11.1 Å². The lowest BCUT2D eigenvalue weighted by molar-refractivity contribution is 0.0910. The molecule has 1 rings (SSSR count). The minimum atomic E-state index is -0.400. The van der Waals surface area contributed by atoms with E-state index in [2.05, 4.69) is 10.4 Å². The Kier molecular flexibility index (Phi) is 4.96. The number of halogens is 1. The zero-order chi connectivity index (χ0) is 11.6. The van der Waals surface area contributed by atoms with Crippen LogP contribution in [0.25, 0.3) is 0 Å². The molecule has 0 spiro atoms. The van der Waals surface area contributed by atoms with Gasteiger partial charge < -0.3 is 11.1 Å². The molecule has 5 nitrogen and oxygen atoms in total. The Hall–Kier alpha value is -1.07. The molecule has 0 aliphatic carbocycles. The summed E-state index contributed by atoms with van der Waals surface area (Å²) in [5.41, 5.74) is 6.50. The summed E-state index contributed by atoms with van der Waals surface area (Å²) in [6, 6.07) is 1.75. The van der Waals surface area contributed by atoms with Gasteiger partial charge in [0, 0.05) is 24.8 Å². The van der Waals surface area contributed by atoms with Crippen LogP contribution in [0.5, 0.6) is 0 Å². The zero-order valence-electron chi connectivity index (χ0n) is 10.1. The molecular weight excluding hydrogens is 228 g/mol. The molecule has 0 atom stereocenters. The van der Waals surface area contributed by atoms with Crippen LogP contribution in [0.4, 0.5) is 0 Å². The van der Waals surface area contributed by atoms with Gasteiger partial charge in [0.1, 0.15) is 5.69 Å². The minimum Gasteiger partial charge on any atom is -0.344 e. The van der Waals surface area contributed by atoms with Gasteiger partial charge >= 0.3 is 0 Å². The van der Waals surface area contributed by atoms with E-state index in [9.17, 15) is 4.79 Å². The molecule has 0 bridgehead atoms. The summed E-state index contributed by atoms with van der Waals surface area (Å²) in [7, 11) is 1.81. The maximum atomic E-state index is 11.7. The van der Waals surface area contributed by atoms with E-state index in [0.29, 0.717) is 12.2 Å². The molecule has 0 fully saturated rings. The highest BCUT2D eigenvalue weighted by Gasteiger charge is 2.20. The van der Waals surface area contributed by atoms with Gasteiger partial charge in [0.2, 0.25) is 0 Å². The largest absolute Gasteiger partial charge is 0.344 e. The maximum Gasteiger partial charge on any atom is 0.272 e. The predicted octanol–water partition coefficient (Wildman–Crippen LogP) is 0.617. The summed E-state index contributed by atoms with van der Waals surface area (Å²) in [4.78, 5) is 11.7. The molecule has 3 N–H and O–H groups in total. The Morgan fingerprint density at radius 3 is 2.56 bits per heavy atom. The molecule has 0 aliphatic heterocycles. The van der Waals surface area contributed by atoms with E-state index in [1.165, 1.54) is 0 Å². The molecule has 1 aromatic heterocycles. The molecule has 1 amide bonds. The maximum absolute atomic E-state index is 11.7. The molecular formula is C10H19ClN4O. The first-order chi connectivity index (χ1) is 6.85. The van der Waals surface area contributed by atoms with Crippen LogP contribution in [0.3, 0.4) is 0 Å². The van der Waals surface area contributed by atoms with Crippen molar-refractivity contribution >= 4 is 18.3 Å². The van der Waals surface area contributed by atoms with Crippen molar-refractivity contribution < 1.29 is 4.79 Å². The summed E-state index contributed by atoms with van der Waals surface area (Å²) < 4.78 is 1.67. The summed E-state index contributed by atoms with van der Waals surface area (Å²) in [6.07, 6.45) is 0. The average molecular weight is 247 g/mol. The van der Waals surface area contributed by atoms with Crippen LogP contribution in [0.2, 0.25) is 0 Å². The molecule has 0 aliphatic rings. The lowest BCUT2D eigenvalue weighted by Gasteiger charge is -2.23. The van der Waals surface area contributed by atoms with Crippen LogP contribution in [0, 0.1) is 6.92 Å². The van der Waals surface area contributed by atoms with Crippen molar-refractivity contribution in [3.05, 3.63) is 17.5 Å². The van der Waals surface area contributed by atoms with Gasteiger partial charge in [-0.05, 0) is 26.8 Å². The molecule has 0 saturated carbocycles. The first-order valence-corrected chi connectivity index (χ1v) is 4.89. The highest BCUT2D eigenvalue weighted by molar-refractivity contribution is 5.92. The van der Waals surface area contributed by atoms with Crippen molar-refractivity contribution in [2.75, 3.05) is 6.54 Å². The standard InChI is InChI=1S/C10H18N4O.ClH/c1-7-5-8(13-14(7)4)9(15)12-10(2,3)6-11;/h5H,6,11H2,1-4H3,(H,12,15);1H. The number of amides is 1. The Labute approximate surface area is 102 Å². The fraction of sp³-hybridized carbons (Fsp3) is 0.600. The number of nitrogens with one attached hydrogen (secondary N) is 1. The van der Waals surface area contributed by atoms with E-state index in [4.69, 9.17) is 5.73 Å². The van der Waals surface area contributed by atoms with Crippen LogP contribution >= 0.6 is 12.4 Å². The number of carbonyl (C=O) groups excluding carboxylic acids is 1. The van der Waals surface area contributed by atoms with Crippen molar-refractivity contribution in [2.45, 2.75) is 26.3 Å². The third-order valence-electron chi connectivity index (χ3n) is 2.31. The lowest BCUT2D eigenvalue weighted by Crippen LogP contribution is -2.48. The fourth-order valence-electron chi connectivity index (χ4n) is 1.09. The van der Waals surface area contributed by atoms with E-state index in [1.807, 2.05) is 20.8 Å². The number of rotatable bonds is 3. The number of aromatic nitrogens is 2. The van der Waals surface area contributed by atoms with Crippen LogP contribution in [0.15, 0.2) is 6.07 Å². The zero-order valence-corrected chi connectivity index (χ0v) is 10.9. The van der Waals surface area contributed by atoms with Crippen LogP contribution in [-0.4, -0.2) is 27.8 Å². The van der Waals surface area contributed by atoms with Crippen molar-refractivity contribution in [1.29, 1.82) is 0 Å². The van der Waals surface area contributed by atoms with Crippen molar-refractivity contribution in [3.8, 4) is 0 Å². The van der Waals surface area contributed by atoms with Gasteiger partial charge in [0.15, 0.2) is 0 Å². The summed E-state index contributed by atoms with van der Waals surface area (Å²) in [5.74, 6) is -0.186. The first-order valence-electron chi connectivity index (χ1n) is 4.89. The van der Waals surface area contributed by atoms with E-state index in [0.717, 1.165) is 5.69 Å². The second kappa shape index (κ2) is 5.32. The van der Waals surface area contributed by atoms with Gasteiger partial charge in [0.05, 0.1) is 0 Å². The highest BCUT2D eigenvalue weighted by atomic mass is 35.5. The summed E-state index contributed by atoms with van der Waals surface area (Å²) in [5, 5.41) is 6.92. The molecule has 0 aromatic carbocycles. The summed E-state index contributed by atoms with van der Waals surface area (Å²) in [6.45, 7) is 6.05. The van der Waals surface area contributed by atoms with Crippen LogP contribution in [-0.2, 0) is 7.05 Å². The Morgan fingerprint density at radius 1 is 1.62 bits per heavy atom. The lowest BCUT2D eigenvalue weighted by atomic mass is 10.1. The second-order valence-electron chi connectivity index (χ2n) is 4.34. The summed E-state index contributed by atoms with van der Waals surface area (Å²) >= 11 is 0. The second-order valence-corrected chi connectivity index (χ2v) is 4.34. The molecule has 0 saturated heterocycles.